The van der Waals surface area contributed by atoms with Crippen molar-refractivity contribution < 1.29 is 17.7 Å². The fourth-order valence-electron chi connectivity index (χ4n) is 1.99. The van der Waals surface area contributed by atoms with Gasteiger partial charge < -0.3 is 9.84 Å². The quantitative estimate of drug-likeness (QED) is 0.776. The average Bonchev–Trinajstić information content (AvgIpc) is 3.02. The van der Waals surface area contributed by atoms with Crippen LogP contribution in [0.4, 0.5) is 18.9 Å². The lowest BCUT2D eigenvalue weighted by Crippen LogP contribution is -2.04. The lowest BCUT2D eigenvalue weighted by atomic mass is 10.1. The second-order valence-corrected chi connectivity index (χ2v) is 4.81. The standard InChI is InChI=1S/C16H12F3N3O/c17-16(18,19)12-8-6-11(7-9-12)15-21-14(23-22-15)10-20-13-4-2-1-3-5-13/h1-9,20H,10H2. The number of anilines is 1. The Morgan fingerprint density at radius 3 is 2.30 bits per heavy atom. The van der Waals surface area contributed by atoms with Gasteiger partial charge in [-0.15, -0.1) is 0 Å². The van der Waals surface area contributed by atoms with Gasteiger partial charge in [-0.3, -0.25) is 0 Å². The van der Waals surface area contributed by atoms with Crippen LogP contribution in [0.5, 0.6) is 0 Å². The molecule has 0 aliphatic heterocycles. The van der Waals surface area contributed by atoms with Crippen LogP contribution in [-0.2, 0) is 12.7 Å². The Hall–Kier alpha value is -2.83. The summed E-state index contributed by atoms with van der Waals surface area (Å²) in [6, 6.07) is 14.1. The number of nitrogens with zero attached hydrogens (tertiary/aromatic N) is 2. The minimum absolute atomic E-state index is 0.253. The van der Waals surface area contributed by atoms with Crippen LogP contribution in [0.1, 0.15) is 11.5 Å². The highest BCUT2D eigenvalue weighted by atomic mass is 19.4. The fourth-order valence-corrected chi connectivity index (χ4v) is 1.99. The van der Waals surface area contributed by atoms with Crippen molar-refractivity contribution in [1.29, 1.82) is 0 Å². The third-order valence-corrected chi connectivity index (χ3v) is 3.16. The molecule has 3 rings (SSSR count). The highest BCUT2D eigenvalue weighted by Crippen LogP contribution is 2.30. The zero-order chi connectivity index (χ0) is 16.3. The van der Waals surface area contributed by atoms with E-state index in [2.05, 4.69) is 15.5 Å². The van der Waals surface area contributed by atoms with Gasteiger partial charge in [-0.05, 0) is 24.3 Å². The van der Waals surface area contributed by atoms with Crippen LogP contribution in [-0.4, -0.2) is 10.1 Å². The van der Waals surface area contributed by atoms with Gasteiger partial charge in [0.15, 0.2) is 0 Å². The van der Waals surface area contributed by atoms with Gasteiger partial charge in [0.2, 0.25) is 11.7 Å². The zero-order valence-corrected chi connectivity index (χ0v) is 11.8. The first-order chi connectivity index (χ1) is 11.0. The van der Waals surface area contributed by atoms with Crippen molar-refractivity contribution in [3.8, 4) is 11.4 Å². The zero-order valence-electron chi connectivity index (χ0n) is 11.8. The second-order valence-electron chi connectivity index (χ2n) is 4.81. The summed E-state index contributed by atoms with van der Waals surface area (Å²) in [5, 5.41) is 6.89. The van der Waals surface area contributed by atoms with Crippen molar-refractivity contribution in [3.63, 3.8) is 0 Å². The van der Waals surface area contributed by atoms with Gasteiger partial charge in [0.1, 0.15) is 0 Å². The number of hydrogen-bond acceptors (Lipinski definition) is 4. The molecule has 0 saturated heterocycles. The summed E-state index contributed by atoms with van der Waals surface area (Å²) < 4.78 is 42.7. The Balaban J connectivity index is 1.69. The molecular weight excluding hydrogens is 307 g/mol. The van der Waals surface area contributed by atoms with Crippen LogP contribution in [0.25, 0.3) is 11.4 Å². The normalized spacial score (nSPS) is 11.4. The van der Waals surface area contributed by atoms with E-state index in [1.165, 1.54) is 12.1 Å². The van der Waals surface area contributed by atoms with Crippen molar-refractivity contribution in [1.82, 2.24) is 10.1 Å². The van der Waals surface area contributed by atoms with Gasteiger partial charge in [0, 0.05) is 11.3 Å². The maximum Gasteiger partial charge on any atom is 0.416 e. The number of rotatable bonds is 4. The van der Waals surface area contributed by atoms with E-state index < -0.39 is 11.7 Å². The first-order valence-corrected chi connectivity index (χ1v) is 6.81. The summed E-state index contributed by atoms with van der Waals surface area (Å²) in [5.41, 5.74) is 0.658. The first kappa shape index (κ1) is 15.1. The Kier molecular flexibility index (Phi) is 4.01. The maximum atomic E-state index is 12.5. The maximum absolute atomic E-state index is 12.5. The smallest absolute Gasteiger partial charge is 0.376 e. The Bertz CT molecular complexity index is 767. The number of alkyl halides is 3. The second kappa shape index (κ2) is 6.12. The topological polar surface area (TPSA) is 51.0 Å². The third-order valence-electron chi connectivity index (χ3n) is 3.16. The summed E-state index contributed by atoms with van der Waals surface area (Å²) in [6.07, 6.45) is -4.36. The Labute approximate surface area is 130 Å². The predicted octanol–water partition coefficient (Wildman–Crippen LogP) is 4.37. The third kappa shape index (κ3) is 3.68. The van der Waals surface area contributed by atoms with Crippen molar-refractivity contribution in [2.24, 2.45) is 0 Å². The van der Waals surface area contributed by atoms with Crippen LogP contribution >= 0.6 is 0 Å². The highest BCUT2D eigenvalue weighted by Gasteiger charge is 2.30. The summed E-state index contributed by atoms with van der Waals surface area (Å²) in [6.45, 7) is 0.331. The molecule has 0 atom stereocenters. The van der Waals surface area contributed by atoms with Crippen molar-refractivity contribution in [2.45, 2.75) is 12.7 Å². The van der Waals surface area contributed by atoms with E-state index in [4.69, 9.17) is 4.52 Å². The van der Waals surface area contributed by atoms with Gasteiger partial charge in [0.05, 0.1) is 12.1 Å². The van der Waals surface area contributed by atoms with Gasteiger partial charge in [-0.1, -0.05) is 35.5 Å². The molecule has 0 radical (unpaired) electrons. The van der Waals surface area contributed by atoms with Crippen LogP contribution < -0.4 is 5.32 Å². The molecule has 0 aliphatic carbocycles. The molecule has 2 aromatic carbocycles. The van der Waals surface area contributed by atoms with E-state index >= 15 is 0 Å². The molecular formula is C16H12F3N3O. The summed E-state index contributed by atoms with van der Waals surface area (Å²) in [7, 11) is 0. The number of halogens is 3. The average molecular weight is 319 g/mol. The number of hydrogen-bond donors (Lipinski definition) is 1. The number of aromatic nitrogens is 2. The Morgan fingerprint density at radius 1 is 0.957 bits per heavy atom. The molecule has 0 spiro atoms. The molecule has 0 unspecified atom stereocenters. The molecule has 0 bridgehead atoms. The van der Waals surface area contributed by atoms with E-state index in [0.29, 0.717) is 18.0 Å². The molecule has 23 heavy (non-hydrogen) atoms. The highest BCUT2D eigenvalue weighted by molar-refractivity contribution is 5.55. The van der Waals surface area contributed by atoms with E-state index in [1.807, 2.05) is 30.3 Å². The number of para-hydroxylation sites is 1. The molecule has 1 heterocycles. The molecule has 4 nitrogen and oxygen atoms in total. The number of nitrogens with one attached hydrogen (secondary N) is 1. The SMILES string of the molecule is FC(F)(F)c1ccc(-c2noc(CNc3ccccc3)n2)cc1. The van der Waals surface area contributed by atoms with Gasteiger partial charge in [-0.25, -0.2) is 0 Å². The van der Waals surface area contributed by atoms with Crippen molar-refractivity contribution >= 4 is 5.69 Å². The minimum atomic E-state index is -4.36. The van der Waals surface area contributed by atoms with Crippen molar-refractivity contribution in [3.05, 3.63) is 66.1 Å². The van der Waals surface area contributed by atoms with Gasteiger partial charge >= 0.3 is 6.18 Å². The molecule has 1 N–H and O–H groups in total. The molecule has 0 saturated carbocycles. The summed E-state index contributed by atoms with van der Waals surface area (Å²) >= 11 is 0. The molecule has 118 valence electrons. The molecule has 1 aromatic heterocycles. The molecule has 0 fully saturated rings. The van der Waals surface area contributed by atoms with E-state index in [9.17, 15) is 13.2 Å². The van der Waals surface area contributed by atoms with Crippen LogP contribution in [0, 0.1) is 0 Å². The van der Waals surface area contributed by atoms with E-state index in [0.717, 1.165) is 17.8 Å². The van der Waals surface area contributed by atoms with E-state index in [-0.39, 0.29) is 5.82 Å². The lowest BCUT2D eigenvalue weighted by molar-refractivity contribution is -0.137. The fraction of sp³-hybridized carbons (Fsp3) is 0.125. The van der Waals surface area contributed by atoms with Gasteiger partial charge in [-0.2, -0.15) is 18.2 Å². The Morgan fingerprint density at radius 2 is 1.65 bits per heavy atom. The largest absolute Gasteiger partial charge is 0.416 e. The molecule has 3 aromatic rings. The van der Waals surface area contributed by atoms with Crippen LogP contribution in [0.2, 0.25) is 0 Å². The molecule has 0 aliphatic rings. The first-order valence-electron chi connectivity index (χ1n) is 6.81. The van der Waals surface area contributed by atoms with Crippen LogP contribution in [0.3, 0.4) is 0 Å². The van der Waals surface area contributed by atoms with Crippen molar-refractivity contribution in [2.75, 3.05) is 5.32 Å². The lowest BCUT2D eigenvalue weighted by Gasteiger charge is -2.05. The summed E-state index contributed by atoms with van der Waals surface area (Å²) in [5.74, 6) is 0.604. The predicted molar refractivity (Wildman–Crippen MR) is 78.5 cm³/mol. The molecule has 0 amide bonds. The van der Waals surface area contributed by atoms with Crippen LogP contribution in [0.15, 0.2) is 59.1 Å². The molecule has 7 heteroatoms. The summed E-state index contributed by atoms with van der Waals surface area (Å²) in [4.78, 5) is 4.17. The monoisotopic (exact) mass is 319 g/mol. The number of benzene rings is 2. The minimum Gasteiger partial charge on any atom is -0.376 e. The van der Waals surface area contributed by atoms with Gasteiger partial charge in [0.25, 0.3) is 0 Å². The van der Waals surface area contributed by atoms with E-state index in [1.54, 1.807) is 0 Å².